The fourth-order valence-corrected chi connectivity index (χ4v) is 3.20. The van der Waals surface area contributed by atoms with Crippen LogP contribution >= 0.6 is 0 Å². The first kappa shape index (κ1) is 13.4. The van der Waals surface area contributed by atoms with Gasteiger partial charge in [-0.2, -0.15) is 0 Å². The van der Waals surface area contributed by atoms with Crippen LogP contribution < -0.4 is 5.73 Å². The normalized spacial score (nSPS) is 18.1. The molecule has 2 N–H and O–H groups in total. The largest absolute Gasteiger partial charge is 0.464 e. The summed E-state index contributed by atoms with van der Waals surface area (Å²) in [5.41, 5.74) is 8.86. The maximum absolute atomic E-state index is 6.26. The molecule has 1 aliphatic rings. The Bertz CT molecular complexity index is 549. The standard InChI is InChI=1S/C18H23NO/c1-13-7-12-17(20-13)18(19)16-10-8-15(9-11-16)14-5-3-2-4-6-14/h7-12,14,18H,2-6,19H2,1H3. The Kier molecular flexibility index (Phi) is 3.93. The van der Waals surface area contributed by atoms with E-state index in [4.69, 9.17) is 10.2 Å². The van der Waals surface area contributed by atoms with Gasteiger partial charge in [0, 0.05) is 0 Å². The zero-order valence-electron chi connectivity index (χ0n) is 12.1. The Balaban J connectivity index is 1.75. The van der Waals surface area contributed by atoms with Gasteiger partial charge in [0.15, 0.2) is 0 Å². The molecule has 3 rings (SSSR count). The van der Waals surface area contributed by atoms with Gasteiger partial charge in [-0.25, -0.2) is 0 Å². The highest BCUT2D eigenvalue weighted by Crippen LogP contribution is 2.33. The van der Waals surface area contributed by atoms with E-state index in [2.05, 4.69) is 24.3 Å². The summed E-state index contributed by atoms with van der Waals surface area (Å²) in [6.45, 7) is 1.95. The second-order valence-corrected chi connectivity index (χ2v) is 5.93. The predicted octanol–water partition coefficient (Wildman–Crippen LogP) is 4.68. The summed E-state index contributed by atoms with van der Waals surface area (Å²) in [6, 6.07) is 12.6. The van der Waals surface area contributed by atoms with Crippen LogP contribution in [0.15, 0.2) is 40.8 Å². The van der Waals surface area contributed by atoms with Crippen LogP contribution in [0.25, 0.3) is 0 Å². The Labute approximate surface area is 121 Å². The van der Waals surface area contributed by atoms with E-state index in [1.54, 1.807) is 0 Å². The summed E-state index contributed by atoms with van der Waals surface area (Å²) in [4.78, 5) is 0. The van der Waals surface area contributed by atoms with Crippen molar-refractivity contribution in [2.24, 2.45) is 5.73 Å². The minimum atomic E-state index is -0.163. The first-order valence-electron chi connectivity index (χ1n) is 7.66. The zero-order chi connectivity index (χ0) is 13.9. The molecule has 0 aliphatic heterocycles. The van der Waals surface area contributed by atoms with Crippen LogP contribution in [0.5, 0.6) is 0 Å². The van der Waals surface area contributed by atoms with Crippen molar-refractivity contribution in [2.45, 2.75) is 51.0 Å². The van der Waals surface area contributed by atoms with Gasteiger partial charge in [-0.3, -0.25) is 0 Å². The predicted molar refractivity (Wildman–Crippen MR) is 81.7 cm³/mol. The molecule has 20 heavy (non-hydrogen) atoms. The molecule has 1 unspecified atom stereocenters. The number of furan rings is 1. The minimum Gasteiger partial charge on any atom is -0.464 e. The SMILES string of the molecule is Cc1ccc(C(N)c2ccc(C3CCCCC3)cc2)o1. The lowest BCUT2D eigenvalue weighted by Crippen LogP contribution is -2.11. The molecule has 1 aromatic carbocycles. The molecule has 0 saturated heterocycles. The van der Waals surface area contributed by atoms with E-state index in [1.807, 2.05) is 19.1 Å². The molecule has 2 heteroatoms. The van der Waals surface area contributed by atoms with E-state index < -0.39 is 0 Å². The number of hydrogen-bond acceptors (Lipinski definition) is 2. The zero-order valence-corrected chi connectivity index (χ0v) is 12.1. The number of benzene rings is 1. The van der Waals surface area contributed by atoms with Crippen molar-refractivity contribution in [2.75, 3.05) is 0 Å². The number of rotatable bonds is 3. The van der Waals surface area contributed by atoms with Gasteiger partial charge in [-0.1, -0.05) is 43.5 Å². The lowest BCUT2D eigenvalue weighted by Gasteiger charge is -2.22. The molecule has 1 aliphatic carbocycles. The maximum Gasteiger partial charge on any atom is 0.125 e. The molecule has 106 valence electrons. The van der Waals surface area contributed by atoms with Crippen LogP contribution in [0.4, 0.5) is 0 Å². The van der Waals surface area contributed by atoms with Crippen LogP contribution in [-0.4, -0.2) is 0 Å². The molecule has 1 fully saturated rings. The highest BCUT2D eigenvalue weighted by atomic mass is 16.3. The second-order valence-electron chi connectivity index (χ2n) is 5.93. The van der Waals surface area contributed by atoms with E-state index in [0.717, 1.165) is 23.0 Å². The van der Waals surface area contributed by atoms with Crippen molar-refractivity contribution in [3.63, 3.8) is 0 Å². The number of hydrogen-bond donors (Lipinski definition) is 1. The Morgan fingerprint density at radius 2 is 1.70 bits per heavy atom. The minimum absolute atomic E-state index is 0.163. The van der Waals surface area contributed by atoms with E-state index in [-0.39, 0.29) is 6.04 Å². The molecule has 2 nitrogen and oxygen atoms in total. The van der Waals surface area contributed by atoms with Gasteiger partial charge < -0.3 is 10.2 Å². The Hall–Kier alpha value is -1.54. The van der Waals surface area contributed by atoms with Crippen molar-refractivity contribution in [3.05, 3.63) is 59.0 Å². The fraction of sp³-hybridized carbons (Fsp3) is 0.444. The molecule has 0 spiro atoms. The summed E-state index contributed by atoms with van der Waals surface area (Å²) in [7, 11) is 0. The molecule has 0 amide bonds. The third-order valence-corrected chi connectivity index (χ3v) is 4.44. The number of nitrogens with two attached hydrogens (primary N) is 1. The van der Waals surface area contributed by atoms with Crippen molar-refractivity contribution in [1.82, 2.24) is 0 Å². The third kappa shape index (κ3) is 2.80. The van der Waals surface area contributed by atoms with Gasteiger partial charge in [-0.15, -0.1) is 0 Å². The molecular formula is C18H23NO. The van der Waals surface area contributed by atoms with Gasteiger partial charge in [0.05, 0.1) is 6.04 Å². The van der Waals surface area contributed by atoms with E-state index in [1.165, 1.54) is 37.7 Å². The highest BCUT2D eigenvalue weighted by Gasteiger charge is 2.17. The Morgan fingerprint density at radius 3 is 2.30 bits per heavy atom. The van der Waals surface area contributed by atoms with Gasteiger partial charge in [-0.05, 0) is 48.9 Å². The summed E-state index contributed by atoms with van der Waals surface area (Å²) in [6.07, 6.45) is 6.82. The van der Waals surface area contributed by atoms with E-state index in [0.29, 0.717) is 0 Å². The molecule has 1 saturated carbocycles. The van der Waals surface area contributed by atoms with E-state index in [9.17, 15) is 0 Å². The van der Waals surface area contributed by atoms with Gasteiger partial charge in [0.25, 0.3) is 0 Å². The molecule has 0 radical (unpaired) electrons. The first-order chi connectivity index (χ1) is 9.74. The lowest BCUT2D eigenvalue weighted by molar-refractivity contribution is 0.443. The van der Waals surface area contributed by atoms with Crippen molar-refractivity contribution in [1.29, 1.82) is 0 Å². The third-order valence-electron chi connectivity index (χ3n) is 4.44. The fourth-order valence-electron chi connectivity index (χ4n) is 3.20. The first-order valence-corrected chi connectivity index (χ1v) is 7.66. The second kappa shape index (κ2) is 5.84. The average molecular weight is 269 g/mol. The van der Waals surface area contributed by atoms with Gasteiger partial charge >= 0.3 is 0 Å². The summed E-state index contributed by atoms with van der Waals surface area (Å²) in [5.74, 6) is 2.50. The molecule has 1 atom stereocenters. The lowest BCUT2D eigenvalue weighted by atomic mass is 9.83. The molecule has 1 aromatic heterocycles. The van der Waals surface area contributed by atoms with Gasteiger partial charge in [0.2, 0.25) is 0 Å². The monoisotopic (exact) mass is 269 g/mol. The average Bonchev–Trinajstić information content (AvgIpc) is 2.94. The summed E-state index contributed by atoms with van der Waals surface area (Å²) < 4.78 is 5.62. The van der Waals surface area contributed by atoms with Crippen LogP contribution in [0.3, 0.4) is 0 Å². The van der Waals surface area contributed by atoms with E-state index >= 15 is 0 Å². The smallest absolute Gasteiger partial charge is 0.125 e. The highest BCUT2D eigenvalue weighted by molar-refractivity contribution is 5.31. The quantitative estimate of drug-likeness (QED) is 0.878. The van der Waals surface area contributed by atoms with Crippen LogP contribution in [0.2, 0.25) is 0 Å². The van der Waals surface area contributed by atoms with Crippen LogP contribution in [0, 0.1) is 6.92 Å². The maximum atomic E-state index is 6.26. The molecule has 2 aromatic rings. The topological polar surface area (TPSA) is 39.2 Å². The van der Waals surface area contributed by atoms with Crippen molar-refractivity contribution >= 4 is 0 Å². The molecule has 0 bridgehead atoms. The number of aryl methyl sites for hydroxylation is 1. The summed E-state index contributed by atoms with van der Waals surface area (Å²) >= 11 is 0. The van der Waals surface area contributed by atoms with Gasteiger partial charge in [0.1, 0.15) is 11.5 Å². The molecular weight excluding hydrogens is 246 g/mol. The van der Waals surface area contributed by atoms with Crippen molar-refractivity contribution < 1.29 is 4.42 Å². The van der Waals surface area contributed by atoms with Crippen molar-refractivity contribution in [3.8, 4) is 0 Å². The summed E-state index contributed by atoms with van der Waals surface area (Å²) in [5, 5.41) is 0. The molecule has 1 heterocycles. The van der Waals surface area contributed by atoms with Crippen LogP contribution in [0.1, 0.15) is 66.7 Å². The Morgan fingerprint density at radius 1 is 1.00 bits per heavy atom. The van der Waals surface area contributed by atoms with Crippen LogP contribution in [-0.2, 0) is 0 Å².